The molecule has 0 saturated carbocycles. The zero-order chi connectivity index (χ0) is 15.4. The van der Waals surface area contributed by atoms with Gasteiger partial charge in [-0.2, -0.15) is 5.10 Å². The summed E-state index contributed by atoms with van der Waals surface area (Å²) in [5.41, 5.74) is 6.36. The number of nitrogens with two attached hydrogens (primary N) is 1. The Hall–Kier alpha value is -1.91. The molecule has 1 aromatic heterocycles. The first-order valence-corrected chi connectivity index (χ1v) is 7.21. The van der Waals surface area contributed by atoms with Crippen LogP contribution in [-0.4, -0.2) is 39.7 Å². The average molecular weight is 402 g/mol. The summed E-state index contributed by atoms with van der Waals surface area (Å²) in [7, 11) is 1.60. The summed E-state index contributed by atoms with van der Waals surface area (Å²) in [5.74, 6) is 1.47. The predicted octanol–water partition coefficient (Wildman–Crippen LogP) is 1.54. The minimum Gasteiger partial charge on any atom is -0.493 e. The molecule has 0 aliphatic heterocycles. The normalized spacial score (nSPS) is 11.3. The number of anilines is 1. The molecule has 0 saturated heterocycles. The van der Waals surface area contributed by atoms with Crippen molar-refractivity contribution in [1.29, 1.82) is 0 Å². The largest absolute Gasteiger partial charge is 0.493 e. The van der Waals surface area contributed by atoms with Crippen molar-refractivity contribution in [3.05, 3.63) is 21.3 Å². The van der Waals surface area contributed by atoms with Crippen molar-refractivity contribution in [3.8, 4) is 11.5 Å². The van der Waals surface area contributed by atoms with E-state index in [1.165, 1.54) is 0 Å². The van der Waals surface area contributed by atoms with E-state index in [0.717, 1.165) is 13.9 Å². The smallest absolute Gasteiger partial charge is 0.263 e. The minimum absolute atomic E-state index is 0.0629. The number of methoxy groups -OCH3 is 1. The maximum atomic E-state index is 5.76. The number of hydrogen-bond acceptors (Lipinski definition) is 7. The van der Waals surface area contributed by atoms with Crippen molar-refractivity contribution in [3.63, 3.8) is 0 Å². The maximum Gasteiger partial charge on any atom is 0.263 e. The molecule has 21 heavy (non-hydrogen) atoms. The monoisotopic (exact) mass is 402 g/mol. The van der Waals surface area contributed by atoms with Crippen LogP contribution in [0.3, 0.4) is 0 Å². The minimum atomic E-state index is 0.0629. The highest BCUT2D eigenvalue weighted by atomic mass is 127. The summed E-state index contributed by atoms with van der Waals surface area (Å²) in [4.78, 5) is 1.14. The summed E-state index contributed by atoms with van der Waals surface area (Å²) in [6.07, 6.45) is 1.66. The molecule has 0 atom stereocenters. The van der Waals surface area contributed by atoms with Crippen molar-refractivity contribution in [2.24, 2.45) is 5.10 Å². The fourth-order valence-corrected chi connectivity index (χ4v) is 2.31. The Morgan fingerprint density at radius 2 is 2.19 bits per heavy atom. The van der Waals surface area contributed by atoms with Crippen molar-refractivity contribution in [2.75, 3.05) is 12.8 Å². The van der Waals surface area contributed by atoms with Gasteiger partial charge in [-0.05, 0) is 64.6 Å². The lowest BCUT2D eigenvalue weighted by atomic mass is 10.2. The highest BCUT2D eigenvalue weighted by molar-refractivity contribution is 14.1. The summed E-state index contributed by atoms with van der Waals surface area (Å²) < 4.78 is 12.0. The molecule has 0 aliphatic rings. The number of hydrogen-bond donors (Lipinski definition) is 1. The standard InChI is InChI=1S/C12H15IN6O2/c1-7(2)21-11-9(13)4-8(5-10(11)20-3)6-15-19-12(14)16-17-18-19/h4-7H,1-3H3,(H2,14,16,18)/b15-6+. The van der Waals surface area contributed by atoms with Crippen molar-refractivity contribution < 1.29 is 9.47 Å². The Balaban J connectivity index is 2.32. The van der Waals surface area contributed by atoms with Crippen LogP contribution in [-0.2, 0) is 0 Å². The van der Waals surface area contributed by atoms with Crippen molar-refractivity contribution >= 4 is 34.8 Å². The Labute approximate surface area is 135 Å². The van der Waals surface area contributed by atoms with Gasteiger partial charge in [-0.25, -0.2) is 0 Å². The SMILES string of the molecule is COc1cc(/C=N/n2nnnc2N)cc(I)c1OC(C)C. The van der Waals surface area contributed by atoms with Gasteiger partial charge < -0.3 is 15.2 Å². The van der Waals surface area contributed by atoms with Crippen LogP contribution in [0.4, 0.5) is 5.95 Å². The average Bonchev–Trinajstić information content (AvgIpc) is 2.84. The number of benzene rings is 1. The molecule has 0 fully saturated rings. The number of halogens is 1. The van der Waals surface area contributed by atoms with E-state index in [1.807, 2.05) is 26.0 Å². The van der Waals surface area contributed by atoms with Crippen LogP contribution in [0, 0.1) is 3.57 Å². The van der Waals surface area contributed by atoms with Gasteiger partial charge in [-0.3, -0.25) is 0 Å². The Morgan fingerprint density at radius 3 is 2.76 bits per heavy atom. The molecule has 112 valence electrons. The van der Waals surface area contributed by atoms with Crippen LogP contribution < -0.4 is 15.2 Å². The van der Waals surface area contributed by atoms with Crippen LogP contribution >= 0.6 is 22.6 Å². The fraction of sp³-hybridized carbons (Fsp3) is 0.333. The second kappa shape index (κ2) is 6.70. The summed E-state index contributed by atoms with van der Waals surface area (Å²) in [6, 6.07) is 3.74. The van der Waals surface area contributed by atoms with E-state index in [9.17, 15) is 0 Å². The second-order valence-electron chi connectivity index (χ2n) is 4.37. The van der Waals surface area contributed by atoms with Gasteiger partial charge in [0.05, 0.1) is 23.0 Å². The van der Waals surface area contributed by atoms with E-state index in [-0.39, 0.29) is 12.1 Å². The van der Waals surface area contributed by atoms with E-state index in [4.69, 9.17) is 15.2 Å². The number of nitrogen functional groups attached to an aromatic ring is 1. The first kappa shape index (κ1) is 15.5. The quantitative estimate of drug-likeness (QED) is 0.602. The van der Waals surface area contributed by atoms with Crippen LogP contribution in [0.5, 0.6) is 11.5 Å². The molecule has 1 aromatic carbocycles. The molecule has 0 amide bonds. The number of nitrogens with zero attached hydrogens (tertiary/aromatic N) is 5. The molecular weight excluding hydrogens is 387 g/mol. The van der Waals surface area contributed by atoms with E-state index in [0.29, 0.717) is 11.5 Å². The molecule has 8 nitrogen and oxygen atoms in total. The van der Waals surface area contributed by atoms with Crippen LogP contribution in [0.15, 0.2) is 17.2 Å². The molecule has 0 spiro atoms. The molecule has 2 aromatic rings. The third kappa shape index (κ3) is 3.80. The summed E-state index contributed by atoms with van der Waals surface area (Å²) in [5, 5.41) is 14.7. The van der Waals surface area contributed by atoms with Gasteiger partial charge >= 0.3 is 0 Å². The Bertz CT molecular complexity index is 655. The fourth-order valence-electron chi connectivity index (χ4n) is 1.56. The van der Waals surface area contributed by atoms with E-state index in [2.05, 4.69) is 43.2 Å². The lowest BCUT2D eigenvalue weighted by Crippen LogP contribution is -2.08. The molecule has 1 heterocycles. The highest BCUT2D eigenvalue weighted by Crippen LogP contribution is 2.34. The van der Waals surface area contributed by atoms with Gasteiger partial charge in [0.1, 0.15) is 0 Å². The molecule has 0 aliphatic carbocycles. The van der Waals surface area contributed by atoms with Crippen molar-refractivity contribution in [1.82, 2.24) is 20.3 Å². The lowest BCUT2D eigenvalue weighted by molar-refractivity contribution is 0.228. The van der Waals surface area contributed by atoms with Crippen LogP contribution in [0.25, 0.3) is 0 Å². The number of rotatable bonds is 5. The third-order valence-electron chi connectivity index (χ3n) is 2.40. The zero-order valence-corrected chi connectivity index (χ0v) is 14.0. The van der Waals surface area contributed by atoms with Gasteiger partial charge in [0.2, 0.25) is 0 Å². The maximum absolute atomic E-state index is 5.76. The summed E-state index contributed by atoms with van der Waals surface area (Å²) >= 11 is 2.19. The van der Waals surface area contributed by atoms with Crippen molar-refractivity contribution in [2.45, 2.75) is 20.0 Å². The third-order valence-corrected chi connectivity index (χ3v) is 3.20. The first-order chi connectivity index (χ1) is 10.0. The topological polar surface area (TPSA) is 100 Å². The number of aromatic nitrogens is 4. The first-order valence-electron chi connectivity index (χ1n) is 6.13. The van der Waals surface area contributed by atoms with E-state index < -0.39 is 0 Å². The van der Waals surface area contributed by atoms with Gasteiger partial charge in [-0.15, -0.1) is 0 Å². The van der Waals surface area contributed by atoms with Crippen LogP contribution in [0.1, 0.15) is 19.4 Å². The molecule has 9 heteroatoms. The second-order valence-corrected chi connectivity index (χ2v) is 5.53. The van der Waals surface area contributed by atoms with Gasteiger partial charge in [0.25, 0.3) is 5.95 Å². The van der Waals surface area contributed by atoms with Gasteiger partial charge in [0, 0.05) is 0 Å². The van der Waals surface area contributed by atoms with Gasteiger partial charge in [0.15, 0.2) is 11.5 Å². The van der Waals surface area contributed by atoms with E-state index >= 15 is 0 Å². The van der Waals surface area contributed by atoms with Crippen LogP contribution in [0.2, 0.25) is 0 Å². The number of tetrazole rings is 1. The van der Waals surface area contributed by atoms with E-state index in [1.54, 1.807) is 13.3 Å². The Morgan fingerprint density at radius 1 is 1.43 bits per heavy atom. The highest BCUT2D eigenvalue weighted by Gasteiger charge is 2.12. The molecular formula is C12H15IN6O2. The molecule has 0 unspecified atom stereocenters. The molecule has 0 bridgehead atoms. The number of ether oxygens (including phenoxy) is 2. The molecule has 2 rings (SSSR count). The zero-order valence-electron chi connectivity index (χ0n) is 11.8. The lowest BCUT2D eigenvalue weighted by Gasteiger charge is -2.15. The summed E-state index contributed by atoms with van der Waals surface area (Å²) in [6.45, 7) is 3.93. The van der Waals surface area contributed by atoms with Gasteiger partial charge in [-0.1, -0.05) is 9.89 Å². The molecule has 2 N–H and O–H groups in total. The molecule has 0 radical (unpaired) electrons. The predicted molar refractivity (Wildman–Crippen MR) is 86.7 cm³/mol. The Kier molecular flexibility index (Phi) is 4.94.